The summed E-state index contributed by atoms with van der Waals surface area (Å²) in [6, 6.07) is 5.56. The van der Waals surface area contributed by atoms with Crippen LogP contribution in [0.5, 0.6) is 0 Å². The van der Waals surface area contributed by atoms with E-state index in [1.807, 2.05) is 0 Å². The predicted octanol–water partition coefficient (Wildman–Crippen LogP) is 1.04. The third-order valence-corrected chi connectivity index (χ3v) is 4.21. The summed E-state index contributed by atoms with van der Waals surface area (Å²) >= 11 is 0. The standard InChI is InChI=1S/C14H10N2O5/c17-13-11-9-4-5-10(21-9)12(11)14(18)15(13)7-2-1-3-8(6-7)16(19)20/h1-6,9-12H/t9-,10-,11-,12-/m0/s1. The first-order valence-electron chi connectivity index (χ1n) is 6.54. The van der Waals surface area contributed by atoms with E-state index in [1.165, 1.54) is 24.3 Å². The van der Waals surface area contributed by atoms with Crippen LogP contribution in [-0.2, 0) is 14.3 Å². The Bertz CT molecular complexity index is 683. The lowest BCUT2D eigenvalue weighted by atomic mass is 9.85. The molecule has 21 heavy (non-hydrogen) atoms. The lowest BCUT2D eigenvalue weighted by Crippen LogP contribution is -2.34. The van der Waals surface area contributed by atoms with E-state index >= 15 is 0 Å². The highest BCUT2D eigenvalue weighted by atomic mass is 16.6. The molecule has 4 rings (SSSR count). The highest BCUT2D eigenvalue weighted by Gasteiger charge is 2.61. The molecule has 2 bridgehead atoms. The number of nitro benzene ring substituents is 1. The molecule has 0 aliphatic carbocycles. The van der Waals surface area contributed by atoms with Gasteiger partial charge in [0.2, 0.25) is 11.8 Å². The van der Waals surface area contributed by atoms with Crippen LogP contribution in [0.4, 0.5) is 11.4 Å². The van der Waals surface area contributed by atoms with Gasteiger partial charge >= 0.3 is 0 Å². The highest BCUT2D eigenvalue weighted by molar-refractivity contribution is 6.23. The molecule has 2 amide bonds. The van der Waals surface area contributed by atoms with Gasteiger partial charge in [0.05, 0.1) is 34.7 Å². The summed E-state index contributed by atoms with van der Waals surface area (Å²) in [4.78, 5) is 36.3. The average molecular weight is 286 g/mol. The van der Waals surface area contributed by atoms with Crippen molar-refractivity contribution in [2.45, 2.75) is 12.2 Å². The van der Waals surface area contributed by atoms with Gasteiger partial charge < -0.3 is 4.74 Å². The van der Waals surface area contributed by atoms with E-state index in [4.69, 9.17) is 4.74 Å². The molecule has 0 aromatic heterocycles. The van der Waals surface area contributed by atoms with Crippen LogP contribution in [0.15, 0.2) is 36.4 Å². The van der Waals surface area contributed by atoms with Crippen molar-refractivity contribution in [1.82, 2.24) is 0 Å². The molecule has 2 saturated heterocycles. The summed E-state index contributed by atoms with van der Waals surface area (Å²) in [6.07, 6.45) is 2.88. The maximum atomic E-state index is 12.5. The molecular formula is C14H10N2O5. The molecule has 106 valence electrons. The van der Waals surface area contributed by atoms with E-state index in [1.54, 1.807) is 12.2 Å². The second-order valence-electron chi connectivity index (χ2n) is 5.29. The lowest BCUT2D eigenvalue weighted by Gasteiger charge is -2.17. The van der Waals surface area contributed by atoms with Gasteiger partial charge in [0.1, 0.15) is 0 Å². The van der Waals surface area contributed by atoms with Gasteiger partial charge in [0.25, 0.3) is 5.69 Å². The Morgan fingerprint density at radius 3 is 2.29 bits per heavy atom. The molecule has 7 nitrogen and oxygen atoms in total. The van der Waals surface area contributed by atoms with Crippen molar-refractivity contribution in [2.24, 2.45) is 11.8 Å². The van der Waals surface area contributed by atoms with Gasteiger partial charge in [0, 0.05) is 12.1 Å². The van der Waals surface area contributed by atoms with Crippen LogP contribution >= 0.6 is 0 Å². The topological polar surface area (TPSA) is 89.8 Å². The molecule has 7 heteroatoms. The molecule has 3 heterocycles. The van der Waals surface area contributed by atoms with E-state index in [9.17, 15) is 19.7 Å². The van der Waals surface area contributed by atoms with Crippen LogP contribution < -0.4 is 4.90 Å². The number of amides is 2. The number of non-ortho nitro benzene ring substituents is 1. The zero-order valence-electron chi connectivity index (χ0n) is 10.7. The average Bonchev–Trinajstić information content (AvgIpc) is 3.13. The van der Waals surface area contributed by atoms with Gasteiger partial charge in [-0.3, -0.25) is 19.7 Å². The van der Waals surface area contributed by atoms with Crippen LogP contribution in [0.1, 0.15) is 0 Å². The number of hydrogen-bond donors (Lipinski definition) is 0. The van der Waals surface area contributed by atoms with Crippen LogP contribution in [0, 0.1) is 22.0 Å². The van der Waals surface area contributed by atoms with E-state index in [-0.39, 0.29) is 35.4 Å². The normalized spacial score (nSPS) is 32.9. The summed E-state index contributed by atoms with van der Waals surface area (Å²) < 4.78 is 5.54. The van der Waals surface area contributed by atoms with Gasteiger partial charge in [-0.15, -0.1) is 0 Å². The second kappa shape index (κ2) is 3.98. The fraction of sp³-hybridized carbons (Fsp3) is 0.286. The molecular weight excluding hydrogens is 276 g/mol. The van der Waals surface area contributed by atoms with Gasteiger partial charge in [-0.25, -0.2) is 4.90 Å². The largest absolute Gasteiger partial charge is 0.365 e. The number of nitro groups is 1. The quantitative estimate of drug-likeness (QED) is 0.350. The number of carbonyl (C=O) groups is 2. The third kappa shape index (κ3) is 1.52. The Balaban J connectivity index is 1.74. The van der Waals surface area contributed by atoms with E-state index in [0.717, 1.165) is 4.90 Å². The molecule has 0 unspecified atom stereocenters. The fourth-order valence-corrected chi connectivity index (χ4v) is 3.30. The molecule has 3 aliphatic rings. The molecule has 0 N–H and O–H groups in total. The number of rotatable bonds is 2. The van der Waals surface area contributed by atoms with Gasteiger partial charge in [-0.05, 0) is 6.07 Å². The van der Waals surface area contributed by atoms with Crippen molar-refractivity contribution < 1.29 is 19.2 Å². The Morgan fingerprint density at radius 1 is 1.10 bits per heavy atom. The smallest absolute Gasteiger partial charge is 0.271 e. The molecule has 2 fully saturated rings. The maximum absolute atomic E-state index is 12.5. The zero-order chi connectivity index (χ0) is 14.7. The minimum absolute atomic E-state index is 0.150. The minimum Gasteiger partial charge on any atom is -0.365 e. The van der Waals surface area contributed by atoms with Gasteiger partial charge in [-0.2, -0.15) is 0 Å². The molecule has 3 aliphatic heterocycles. The number of anilines is 1. The first kappa shape index (κ1) is 12.2. The molecule has 4 atom stereocenters. The van der Waals surface area contributed by atoms with E-state index in [2.05, 4.69) is 0 Å². The zero-order valence-corrected chi connectivity index (χ0v) is 10.7. The molecule has 1 aromatic carbocycles. The number of benzene rings is 1. The number of hydrogen-bond acceptors (Lipinski definition) is 5. The number of nitrogens with zero attached hydrogens (tertiary/aromatic N) is 2. The monoisotopic (exact) mass is 286 g/mol. The van der Waals surface area contributed by atoms with Crippen LogP contribution in [0.3, 0.4) is 0 Å². The lowest BCUT2D eigenvalue weighted by molar-refractivity contribution is -0.384. The van der Waals surface area contributed by atoms with Crippen molar-refractivity contribution in [3.05, 3.63) is 46.5 Å². The first-order chi connectivity index (χ1) is 10.1. The first-order valence-corrected chi connectivity index (χ1v) is 6.54. The summed E-state index contributed by atoms with van der Waals surface area (Å²) in [5.41, 5.74) is 0.0931. The molecule has 0 saturated carbocycles. The SMILES string of the molecule is O=C1[C@@H]2[C@@H](C(=O)N1c1cccc([N+](=O)[O-])c1)[C@@H]1C=C[C@@H]2O1. The van der Waals surface area contributed by atoms with E-state index in [0.29, 0.717) is 0 Å². The number of carbonyl (C=O) groups excluding carboxylic acids is 2. The minimum atomic E-state index is -0.552. The summed E-state index contributed by atoms with van der Waals surface area (Å²) in [7, 11) is 0. The Hall–Kier alpha value is -2.54. The molecule has 1 aromatic rings. The summed E-state index contributed by atoms with van der Waals surface area (Å²) in [6.45, 7) is 0. The van der Waals surface area contributed by atoms with Crippen LogP contribution in [0.2, 0.25) is 0 Å². The van der Waals surface area contributed by atoms with Crippen LogP contribution in [-0.4, -0.2) is 28.9 Å². The van der Waals surface area contributed by atoms with Crippen molar-refractivity contribution in [3.8, 4) is 0 Å². The summed E-state index contributed by atoms with van der Waals surface area (Å²) in [5.74, 6) is -1.71. The maximum Gasteiger partial charge on any atom is 0.271 e. The molecule has 0 radical (unpaired) electrons. The van der Waals surface area contributed by atoms with Crippen LogP contribution in [0.25, 0.3) is 0 Å². The number of fused-ring (bicyclic) bond motifs is 5. The number of ether oxygens (including phenoxy) is 1. The third-order valence-electron chi connectivity index (χ3n) is 4.21. The Kier molecular flexibility index (Phi) is 2.32. The summed E-state index contributed by atoms with van der Waals surface area (Å²) in [5, 5.41) is 10.8. The number of imide groups is 1. The Labute approximate surface area is 118 Å². The molecule has 0 spiro atoms. The van der Waals surface area contributed by atoms with Crippen molar-refractivity contribution in [2.75, 3.05) is 4.90 Å². The predicted molar refractivity (Wildman–Crippen MR) is 70.4 cm³/mol. The van der Waals surface area contributed by atoms with Gasteiger partial charge in [0.15, 0.2) is 0 Å². The van der Waals surface area contributed by atoms with Crippen molar-refractivity contribution in [1.29, 1.82) is 0 Å². The second-order valence-corrected chi connectivity index (χ2v) is 5.29. The van der Waals surface area contributed by atoms with Crippen molar-refractivity contribution in [3.63, 3.8) is 0 Å². The van der Waals surface area contributed by atoms with Gasteiger partial charge in [-0.1, -0.05) is 18.2 Å². The van der Waals surface area contributed by atoms with Crippen molar-refractivity contribution >= 4 is 23.2 Å². The van der Waals surface area contributed by atoms with E-state index < -0.39 is 16.8 Å². The highest BCUT2D eigenvalue weighted by Crippen LogP contribution is 2.46. The fourth-order valence-electron chi connectivity index (χ4n) is 3.30. The Morgan fingerprint density at radius 2 is 1.71 bits per heavy atom.